The van der Waals surface area contributed by atoms with Crippen molar-refractivity contribution in [2.75, 3.05) is 0 Å². The summed E-state index contributed by atoms with van der Waals surface area (Å²) in [4.78, 5) is 0. The molecule has 4 rings (SSSR count). The van der Waals surface area contributed by atoms with Gasteiger partial charge < -0.3 is 0 Å². The van der Waals surface area contributed by atoms with E-state index >= 15 is 0 Å². The van der Waals surface area contributed by atoms with Crippen molar-refractivity contribution >= 4 is 11.8 Å². The standard InChI is InChI=1S/C20H15FN4S/c21-17-12-7-13-18(14-17)25-20(22-23-24-25)26-19(15-8-3-1-4-9-15)16-10-5-2-6-11-16/h1-14,19H. The molecular weight excluding hydrogens is 347 g/mol. The maximum atomic E-state index is 13.6. The monoisotopic (exact) mass is 362 g/mol. The molecule has 0 aliphatic heterocycles. The van der Waals surface area contributed by atoms with Gasteiger partial charge in [-0.2, -0.15) is 4.68 Å². The van der Waals surface area contributed by atoms with Crippen LogP contribution in [0.1, 0.15) is 16.4 Å². The van der Waals surface area contributed by atoms with Crippen molar-refractivity contribution in [1.29, 1.82) is 0 Å². The van der Waals surface area contributed by atoms with Gasteiger partial charge in [-0.1, -0.05) is 78.5 Å². The van der Waals surface area contributed by atoms with E-state index in [1.54, 1.807) is 16.8 Å². The SMILES string of the molecule is Fc1cccc(-n2nnnc2SC(c2ccccc2)c2ccccc2)c1. The average Bonchev–Trinajstić information content (AvgIpc) is 3.16. The van der Waals surface area contributed by atoms with Crippen LogP contribution in [0.25, 0.3) is 5.69 Å². The fourth-order valence-corrected chi connectivity index (χ4v) is 3.83. The first-order chi connectivity index (χ1) is 12.8. The molecule has 0 aliphatic rings. The van der Waals surface area contributed by atoms with E-state index in [9.17, 15) is 4.39 Å². The van der Waals surface area contributed by atoms with Gasteiger partial charge >= 0.3 is 0 Å². The Morgan fingerprint density at radius 3 is 2.08 bits per heavy atom. The smallest absolute Gasteiger partial charge is 0.207 e. The molecule has 0 radical (unpaired) electrons. The maximum absolute atomic E-state index is 13.6. The van der Waals surface area contributed by atoms with Crippen LogP contribution < -0.4 is 0 Å². The lowest BCUT2D eigenvalue weighted by atomic mass is 10.0. The van der Waals surface area contributed by atoms with Crippen molar-refractivity contribution in [2.45, 2.75) is 10.4 Å². The van der Waals surface area contributed by atoms with Gasteiger partial charge in [0.2, 0.25) is 5.16 Å². The van der Waals surface area contributed by atoms with Crippen LogP contribution in [0.2, 0.25) is 0 Å². The van der Waals surface area contributed by atoms with Crippen molar-refractivity contribution < 1.29 is 4.39 Å². The molecule has 3 aromatic carbocycles. The molecule has 0 amide bonds. The highest BCUT2D eigenvalue weighted by Crippen LogP contribution is 2.39. The first-order valence-electron chi connectivity index (χ1n) is 8.12. The quantitative estimate of drug-likeness (QED) is 0.483. The molecule has 1 aromatic heterocycles. The summed E-state index contributed by atoms with van der Waals surface area (Å²) in [5, 5.41) is 12.6. The van der Waals surface area contributed by atoms with Gasteiger partial charge in [-0.15, -0.1) is 5.10 Å². The molecule has 0 N–H and O–H groups in total. The van der Waals surface area contributed by atoms with E-state index in [1.807, 2.05) is 36.4 Å². The largest absolute Gasteiger partial charge is 0.215 e. The normalized spacial score (nSPS) is 11.0. The number of benzene rings is 3. The second kappa shape index (κ2) is 7.49. The van der Waals surface area contributed by atoms with Gasteiger partial charge in [0.1, 0.15) is 5.82 Å². The predicted molar refractivity (Wildman–Crippen MR) is 99.7 cm³/mol. The Labute approximate surface area is 154 Å². The van der Waals surface area contributed by atoms with E-state index in [4.69, 9.17) is 0 Å². The van der Waals surface area contributed by atoms with E-state index in [2.05, 4.69) is 39.8 Å². The van der Waals surface area contributed by atoms with E-state index < -0.39 is 0 Å². The van der Waals surface area contributed by atoms with Crippen molar-refractivity contribution in [2.24, 2.45) is 0 Å². The third-order valence-electron chi connectivity index (χ3n) is 3.92. The number of tetrazole rings is 1. The molecule has 4 aromatic rings. The first-order valence-corrected chi connectivity index (χ1v) is 9.00. The Morgan fingerprint density at radius 2 is 1.46 bits per heavy atom. The molecule has 0 aliphatic carbocycles. The van der Waals surface area contributed by atoms with Crippen LogP contribution in [-0.2, 0) is 0 Å². The van der Waals surface area contributed by atoms with Crippen molar-refractivity contribution in [3.05, 3.63) is 102 Å². The Morgan fingerprint density at radius 1 is 0.808 bits per heavy atom. The van der Waals surface area contributed by atoms with Gasteiger partial charge in [-0.25, -0.2) is 4.39 Å². The third kappa shape index (κ3) is 3.50. The number of hydrogen-bond acceptors (Lipinski definition) is 4. The summed E-state index contributed by atoms with van der Waals surface area (Å²) in [5.74, 6) is -0.323. The Balaban J connectivity index is 1.73. The molecule has 0 atom stereocenters. The molecule has 6 heteroatoms. The highest BCUT2D eigenvalue weighted by atomic mass is 32.2. The van der Waals surface area contributed by atoms with Crippen LogP contribution in [0, 0.1) is 5.82 Å². The number of rotatable bonds is 5. The van der Waals surface area contributed by atoms with Gasteiger partial charge in [0.05, 0.1) is 10.9 Å². The molecule has 0 saturated carbocycles. The van der Waals surface area contributed by atoms with E-state index in [0.717, 1.165) is 11.1 Å². The highest BCUT2D eigenvalue weighted by Gasteiger charge is 2.20. The molecule has 0 unspecified atom stereocenters. The van der Waals surface area contributed by atoms with Crippen molar-refractivity contribution in [1.82, 2.24) is 20.2 Å². The fourth-order valence-electron chi connectivity index (χ4n) is 2.71. The average molecular weight is 362 g/mol. The van der Waals surface area contributed by atoms with Gasteiger partial charge in [0, 0.05) is 0 Å². The van der Waals surface area contributed by atoms with Gasteiger partial charge in [-0.05, 0) is 39.8 Å². The van der Waals surface area contributed by atoms with Gasteiger partial charge in [-0.3, -0.25) is 0 Å². The number of thioether (sulfide) groups is 1. The lowest BCUT2D eigenvalue weighted by molar-refractivity contribution is 0.623. The van der Waals surface area contributed by atoms with Crippen LogP contribution >= 0.6 is 11.8 Å². The topological polar surface area (TPSA) is 43.6 Å². The lowest BCUT2D eigenvalue weighted by Gasteiger charge is -2.17. The molecule has 128 valence electrons. The minimum absolute atomic E-state index is 0.0238. The molecule has 0 spiro atoms. The number of hydrogen-bond donors (Lipinski definition) is 0. The van der Waals surface area contributed by atoms with Crippen molar-refractivity contribution in [3.63, 3.8) is 0 Å². The summed E-state index contributed by atoms with van der Waals surface area (Å²) in [5.41, 5.74) is 2.90. The zero-order valence-electron chi connectivity index (χ0n) is 13.7. The molecule has 0 saturated heterocycles. The number of nitrogens with zero attached hydrogens (tertiary/aromatic N) is 4. The van der Waals surface area contributed by atoms with Crippen LogP contribution in [0.4, 0.5) is 4.39 Å². The summed E-state index contributed by atoms with van der Waals surface area (Å²) in [6.07, 6.45) is 0. The molecule has 4 nitrogen and oxygen atoms in total. The summed E-state index contributed by atoms with van der Waals surface area (Å²) >= 11 is 1.53. The molecule has 26 heavy (non-hydrogen) atoms. The Bertz CT molecular complexity index is 949. The summed E-state index contributed by atoms with van der Waals surface area (Å²) in [6, 6.07) is 26.6. The van der Waals surface area contributed by atoms with Crippen LogP contribution in [0.5, 0.6) is 0 Å². The summed E-state index contributed by atoms with van der Waals surface area (Å²) in [6.45, 7) is 0. The van der Waals surface area contributed by atoms with E-state index in [1.165, 1.54) is 23.9 Å². The van der Waals surface area contributed by atoms with Crippen molar-refractivity contribution in [3.8, 4) is 5.69 Å². The first kappa shape index (κ1) is 16.5. The second-order valence-corrected chi connectivity index (χ2v) is 6.74. The van der Waals surface area contributed by atoms with Crippen LogP contribution in [0.3, 0.4) is 0 Å². The molecule has 0 fully saturated rings. The summed E-state index contributed by atoms with van der Waals surface area (Å²) < 4.78 is 15.2. The zero-order chi connectivity index (χ0) is 17.8. The minimum atomic E-state index is -0.323. The highest BCUT2D eigenvalue weighted by molar-refractivity contribution is 7.99. The second-order valence-electron chi connectivity index (χ2n) is 5.67. The fraction of sp³-hybridized carbons (Fsp3) is 0.0500. The van der Waals surface area contributed by atoms with E-state index in [0.29, 0.717) is 10.8 Å². The maximum Gasteiger partial charge on any atom is 0.215 e. The third-order valence-corrected chi connectivity index (χ3v) is 5.17. The molecular formula is C20H15FN4S. The lowest BCUT2D eigenvalue weighted by Crippen LogP contribution is -2.03. The molecule has 1 heterocycles. The minimum Gasteiger partial charge on any atom is -0.207 e. The Kier molecular flexibility index (Phi) is 4.75. The predicted octanol–water partition coefficient (Wildman–Crippen LogP) is 4.68. The molecule has 0 bridgehead atoms. The van der Waals surface area contributed by atoms with Crippen LogP contribution in [0.15, 0.2) is 90.1 Å². The zero-order valence-corrected chi connectivity index (χ0v) is 14.6. The van der Waals surface area contributed by atoms with E-state index in [-0.39, 0.29) is 11.1 Å². The number of halogens is 1. The van der Waals surface area contributed by atoms with Gasteiger partial charge in [0.15, 0.2) is 0 Å². The summed E-state index contributed by atoms with van der Waals surface area (Å²) in [7, 11) is 0. The van der Waals surface area contributed by atoms with Gasteiger partial charge in [0.25, 0.3) is 0 Å². The Hall–Kier alpha value is -2.99. The van der Waals surface area contributed by atoms with Crippen LogP contribution in [-0.4, -0.2) is 20.2 Å². The number of aromatic nitrogens is 4.